The number of amides is 1. The van der Waals surface area contributed by atoms with Crippen molar-refractivity contribution >= 4 is 22.2 Å². The summed E-state index contributed by atoms with van der Waals surface area (Å²) in [5.41, 5.74) is 2.27. The summed E-state index contributed by atoms with van der Waals surface area (Å²) < 4.78 is 6.82. The lowest BCUT2D eigenvalue weighted by molar-refractivity contribution is 0.0952. The van der Waals surface area contributed by atoms with Gasteiger partial charge in [0, 0.05) is 18.1 Å². The molecule has 0 unspecified atom stereocenters. The van der Waals surface area contributed by atoms with Crippen molar-refractivity contribution in [3.63, 3.8) is 0 Å². The van der Waals surface area contributed by atoms with Gasteiger partial charge in [0.1, 0.15) is 11.3 Å². The molecule has 0 saturated carbocycles. The molecule has 4 aromatic rings. The van der Waals surface area contributed by atoms with Gasteiger partial charge in [0.25, 0.3) is 11.5 Å². The SMILES string of the molecule is COc1ccccc1CCNC(=O)c1cnc2scc(-c3ccccc3)n2c1=O. The number of fused-ring (bicyclic) bond motifs is 1. The van der Waals surface area contributed by atoms with E-state index >= 15 is 0 Å². The number of nitrogens with zero attached hydrogens (tertiary/aromatic N) is 2. The average molecular weight is 405 g/mol. The molecule has 1 N–H and O–H groups in total. The van der Waals surface area contributed by atoms with Crippen molar-refractivity contribution in [3.05, 3.63) is 87.7 Å². The van der Waals surface area contributed by atoms with Crippen LogP contribution in [-0.2, 0) is 6.42 Å². The molecule has 2 heterocycles. The number of methoxy groups -OCH3 is 1. The summed E-state index contributed by atoms with van der Waals surface area (Å²) in [6.45, 7) is 0.385. The molecule has 0 aliphatic rings. The van der Waals surface area contributed by atoms with Crippen LogP contribution in [-0.4, -0.2) is 28.9 Å². The molecule has 0 atom stereocenters. The van der Waals surface area contributed by atoms with Gasteiger partial charge in [0.15, 0.2) is 4.96 Å². The van der Waals surface area contributed by atoms with E-state index in [1.54, 1.807) is 7.11 Å². The first kappa shape index (κ1) is 18.9. The van der Waals surface area contributed by atoms with Crippen LogP contribution in [0.15, 0.2) is 71.0 Å². The topological polar surface area (TPSA) is 72.7 Å². The highest BCUT2D eigenvalue weighted by atomic mass is 32.1. The Kier molecular flexibility index (Phi) is 5.39. The Labute approximate surface area is 171 Å². The van der Waals surface area contributed by atoms with E-state index in [1.165, 1.54) is 21.9 Å². The van der Waals surface area contributed by atoms with Crippen molar-refractivity contribution < 1.29 is 9.53 Å². The molecule has 4 rings (SSSR count). The van der Waals surface area contributed by atoms with Crippen LogP contribution >= 0.6 is 11.3 Å². The van der Waals surface area contributed by atoms with E-state index in [4.69, 9.17) is 4.74 Å². The monoisotopic (exact) mass is 405 g/mol. The highest BCUT2D eigenvalue weighted by molar-refractivity contribution is 7.15. The zero-order valence-electron chi connectivity index (χ0n) is 15.8. The van der Waals surface area contributed by atoms with Crippen LogP contribution in [0.25, 0.3) is 16.2 Å². The van der Waals surface area contributed by atoms with Gasteiger partial charge < -0.3 is 10.1 Å². The molecular formula is C22H19N3O3S. The van der Waals surface area contributed by atoms with Crippen molar-refractivity contribution in [2.75, 3.05) is 13.7 Å². The molecule has 6 nitrogen and oxygen atoms in total. The van der Waals surface area contributed by atoms with E-state index in [2.05, 4.69) is 10.3 Å². The molecule has 29 heavy (non-hydrogen) atoms. The number of hydrogen-bond donors (Lipinski definition) is 1. The molecule has 2 aromatic heterocycles. The summed E-state index contributed by atoms with van der Waals surface area (Å²) in [5.74, 6) is 0.340. The summed E-state index contributed by atoms with van der Waals surface area (Å²) >= 11 is 1.37. The summed E-state index contributed by atoms with van der Waals surface area (Å²) in [7, 11) is 1.62. The van der Waals surface area contributed by atoms with E-state index in [9.17, 15) is 9.59 Å². The first-order valence-corrected chi connectivity index (χ1v) is 10.0. The summed E-state index contributed by atoms with van der Waals surface area (Å²) in [6.07, 6.45) is 1.95. The van der Waals surface area contributed by atoms with Gasteiger partial charge in [-0.3, -0.25) is 14.0 Å². The molecule has 146 valence electrons. The lowest BCUT2D eigenvalue weighted by Crippen LogP contribution is -2.32. The Morgan fingerprint density at radius 3 is 2.69 bits per heavy atom. The lowest BCUT2D eigenvalue weighted by atomic mass is 10.1. The smallest absolute Gasteiger partial charge is 0.271 e. The second-order valence-electron chi connectivity index (χ2n) is 6.40. The van der Waals surface area contributed by atoms with Crippen LogP contribution in [0.1, 0.15) is 15.9 Å². The molecule has 0 saturated heterocycles. The van der Waals surface area contributed by atoms with Crippen LogP contribution in [0, 0.1) is 0 Å². The average Bonchev–Trinajstić information content (AvgIpc) is 3.20. The molecule has 0 spiro atoms. The molecule has 0 aliphatic heterocycles. The lowest BCUT2D eigenvalue weighted by Gasteiger charge is -2.09. The number of thiazole rings is 1. The van der Waals surface area contributed by atoms with Gasteiger partial charge >= 0.3 is 0 Å². The number of rotatable bonds is 6. The maximum absolute atomic E-state index is 13.0. The maximum Gasteiger partial charge on any atom is 0.271 e. The number of benzene rings is 2. The van der Waals surface area contributed by atoms with Gasteiger partial charge in [-0.2, -0.15) is 0 Å². The number of hydrogen-bond acceptors (Lipinski definition) is 5. The highest BCUT2D eigenvalue weighted by Gasteiger charge is 2.17. The largest absolute Gasteiger partial charge is 0.496 e. The van der Waals surface area contributed by atoms with Crippen LogP contribution in [0.3, 0.4) is 0 Å². The number of ether oxygens (including phenoxy) is 1. The Bertz CT molecular complexity index is 1210. The van der Waals surface area contributed by atoms with Crippen molar-refractivity contribution in [2.24, 2.45) is 0 Å². The first-order valence-electron chi connectivity index (χ1n) is 9.14. The van der Waals surface area contributed by atoms with E-state index in [-0.39, 0.29) is 11.1 Å². The van der Waals surface area contributed by atoms with E-state index < -0.39 is 5.91 Å². The number of para-hydroxylation sites is 1. The van der Waals surface area contributed by atoms with Gasteiger partial charge in [-0.25, -0.2) is 4.98 Å². The fourth-order valence-corrected chi connectivity index (χ4v) is 4.03. The molecule has 1 amide bonds. The molecule has 0 bridgehead atoms. The van der Waals surface area contributed by atoms with Gasteiger partial charge in [-0.05, 0) is 23.6 Å². The molecule has 0 radical (unpaired) electrons. The molecule has 0 aliphatic carbocycles. The van der Waals surface area contributed by atoms with Crippen LogP contribution in [0.4, 0.5) is 0 Å². The summed E-state index contributed by atoms with van der Waals surface area (Å²) in [4.78, 5) is 30.5. The number of aromatic nitrogens is 2. The molecule has 2 aromatic carbocycles. The minimum atomic E-state index is -0.433. The Morgan fingerprint density at radius 2 is 1.90 bits per heavy atom. The standard InChI is InChI=1S/C22H19N3O3S/c1-28-19-10-6-5-9-16(19)11-12-23-20(26)17-13-24-22-25(21(17)27)18(14-29-22)15-7-3-2-4-8-15/h2-10,13-14H,11-12H2,1H3,(H,23,26). The minimum absolute atomic E-state index is 0.0260. The summed E-state index contributed by atoms with van der Waals surface area (Å²) in [6, 6.07) is 17.2. The second kappa shape index (κ2) is 8.28. The molecular weight excluding hydrogens is 386 g/mol. The van der Waals surface area contributed by atoms with Crippen molar-refractivity contribution in [2.45, 2.75) is 6.42 Å². The number of carbonyl (C=O) groups excluding carboxylic acids is 1. The van der Waals surface area contributed by atoms with Crippen LogP contribution < -0.4 is 15.6 Å². The molecule has 0 fully saturated rings. The third kappa shape index (κ3) is 3.77. The van der Waals surface area contributed by atoms with Gasteiger partial charge in [-0.1, -0.05) is 48.5 Å². The second-order valence-corrected chi connectivity index (χ2v) is 7.24. The Hall–Kier alpha value is -3.45. The van der Waals surface area contributed by atoms with Gasteiger partial charge in [0.05, 0.1) is 12.8 Å². The Morgan fingerprint density at radius 1 is 1.14 bits per heavy atom. The third-order valence-corrected chi connectivity index (χ3v) is 5.47. The Balaban J connectivity index is 1.57. The van der Waals surface area contributed by atoms with E-state index in [1.807, 2.05) is 60.0 Å². The van der Waals surface area contributed by atoms with Crippen molar-refractivity contribution in [1.29, 1.82) is 0 Å². The number of nitrogens with one attached hydrogen (secondary N) is 1. The predicted molar refractivity (Wildman–Crippen MR) is 114 cm³/mol. The maximum atomic E-state index is 13.0. The van der Waals surface area contributed by atoms with E-state index in [0.717, 1.165) is 22.6 Å². The number of carbonyl (C=O) groups is 1. The zero-order valence-corrected chi connectivity index (χ0v) is 16.6. The van der Waals surface area contributed by atoms with Crippen molar-refractivity contribution in [3.8, 4) is 17.0 Å². The van der Waals surface area contributed by atoms with Gasteiger partial charge in [0.2, 0.25) is 0 Å². The van der Waals surface area contributed by atoms with Crippen LogP contribution in [0.2, 0.25) is 0 Å². The zero-order chi connectivity index (χ0) is 20.2. The summed E-state index contributed by atoms with van der Waals surface area (Å²) in [5, 5.41) is 4.69. The molecule has 7 heteroatoms. The third-order valence-electron chi connectivity index (χ3n) is 4.63. The minimum Gasteiger partial charge on any atom is -0.496 e. The van der Waals surface area contributed by atoms with Crippen LogP contribution in [0.5, 0.6) is 5.75 Å². The fraction of sp³-hybridized carbons (Fsp3) is 0.136. The van der Waals surface area contributed by atoms with Gasteiger partial charge in [-0.15, -0.1) is 11.3 Å². The quantitative estimate of drug-likeness (QED) is 0.534. The van der Waals surface area contributed by atoms with E-state index in [0.29, 0.717) is 17.9 Å². The normalized spacial score (nSPS) is 10.8. The fourth-order valence-electron chi connectivity index (χ4n) is 3.17. The van der Waals surface area contributed by atoms with Crippen molar-refractivity contribution in [1.82, 2.24) is 14.7 Å². The predicted octanol–water partition coefficient (Wildman–Crippen LogP) is 3.40. The first-order chi connectivity index (χ1) is 14.2. The highest BCUT2D eigenvalue weighted by Crippen LogP contribution is 2.23.